The second kappa shape index (κ2) is 4.95. The van der Waals surface area contributed by atoms with Crippen molar-refractivity contribution in [3.63, 3.8) is 0 Å². The van der Waals surface area contributed by atoms with Crippen LogP contribution in [0.4, 0.5) is 0 Å². The summed E-state index contributed by atoms with van der Waals surface area (Å²) in [6, 6.07) is -0.815. The molecule has 0 saturated heterocycles. The lowest BCUT2D eigenvalue weighted by Crippen LogP contribution is -2.45. The van der Waals surface area contributed by atoms with Crippen molar-refractivity contribution in [2.24, 2.45) is 5.73 Å². The number of amides is 1. The highest BCUT2D eigenvalue weighted by atomic mass is 16.4. The van der Waals surface area contributed by atoms with Crippen LogP contribution in [0.15, 0.2) is 0 Å². The van der Waals surface area contributed by atoms with Gasteiger partial charge in [-0.25, -0.2) is 4.79 Å². The maximum absolute atomic E-state index is 11.3. The number of carbonyl (C=O) groups excluding carboxylic acids is 1. The molecule has 0 aromatic rings. The highest BCUT2D eigenvalue weighted by Crippen LogP contribution is 2.03. The van der Waals surface area contributed by atoms with Crippen LogP contribution in [0.1, 0.15) is 33.6 Å². The number of carboxylic acid groups (broad SMARTS) is 1. The van der Waals surface area contributed by atoms with Gasteiger partial charge in [-0.3, -0.25) is 4.79 Å². The second-order valence-corrected chi connectivity index (χ2v) is 4.03. The van der Waals surface area contributed by atoms with E-state index in [1.807, 2.05) is 0 Å². The second-order valence-electron chi connectivity index (χ2n) is 4.03. The monoisotopic (exact) mass is 202 g/mol. The van der Waals surface area contributed by atoms with Gasteiger partial charge in [0, 0.05) is 12.0 Å². The third-order valence-electron chi connectivity index (χ3n) is 1.66. The average Bonchev–Trinajstić information content (AvgIpc) is 1.96. The molecule has 0 aromatic heterocycles. The van der Waals surface area contributed by atoms with Gasteiger partial charge < -0.3 is 16.2 Å². The normalized spacial score (nSPS) is 13.4. The molecule has 1 unspecified atom stereocenters. The van der Waals surface area contributed by atoms with Crippen molar-refractivity contribution in [3.05, 3.63) is 0 Å². The fraction of sp³-hybridized carbons (Fsp3) is 0.778. The molecule has 0 spiro atoms. The van der Waals surface area contributed by atoms with Gasteiger partial charge in [0.25, 0.3) is 0 Å². The van der Waals surface area contributed by atoms with Crippen LogP contribution in [0.3, 0.4) is 0 Å². The Bertz CT molecular complexity index is 221. The summed E-state index contributed by atoms with van der Waals surface area (Å²) < 4.78 is 0. The quantitative estimate of drug-likeness (QED) is 0.589. The van der Waals surface area contributed by atoms with E-state index in [0.29, 0.717) is 6.42 Å². The van der Waals surface area contributed by atoms with Crippen LogP contribution >= 0.6 is 0 Å². The summed E-state index contributed by atoms with van der Waals surface area (Å²) in [5.41, 5.74) is 5.01. The van der Waals surface area contributed by atoms with Gasteiger partial charge in [-0.1, -0.05) is 6.92 Å². The molecule has 82 valence electrons. The van der Waals surface area contributed by atoms with E-state index >= 15 is 0 Å². The van der Waals surface area contributed by atoms with Crippen LogP contribution in [0.25, 0.3) is 0 Å². The number of hydrogen-bond acceptors (Lipinski definition) is 3. The van der Waals surface area contributed by atoms with E-state index in [0.717, 1.165) is 0 Å². The molecule has 1 atom stereocenters. The Balaban J connectivity index is 4.11. The predicted molar refractivity (Wildman–Crippen MR) is 52.7 cm³/mol. The zero-order valence-electron chi connectivity index (χ0n) is 8.83. The first-order valence-corrected chi connectivity index (χ1v) is 4.57. The zero-order valence-corrected chi connectivity index (χ0v) is 8.83. The smallest absolute Gasteiger partial charge is 0.326 e. The molecule has 0 aliphatic heterocycles. The molecule has 0 aliphatic rings. The van der Waals surface area contributed by atoms with Gasteiger partial charge >= 0.3 is 5.97 Å². The summed E-state index contributed by atoms with van der Waals surface area (Å²) in [5, 5.41) is 11.1. The molecular formula is C9H18N2O3. The number of rotatable bonds is 5. The fourth-order valence-electron chi connectivity index (χ4n) is 0.998. The van der Waals surface area contributed by atoms with Crippen LogP contribution < -0.4 is 11.1 Å². The van der Waals surface area contributed by atoms with Crippen LogP contribution in [-0.2, 0) is 9.59 Å². The highest BCUT2D eigenvalue weighted by molar-refractivity contribution is 5.83. The van der Waals surface area contributed by atoms with Crippen LogP contribution in [0.2, 0.25) is 0 Å². The molecule has 5 heteroatoms. The Morgan fingerprint density at radius 1 is 1.50 bits per heavy atom. The zero-order chi connectivity index (χ0) is 11.4. The molecule has 0 heterocycles. The molecule has 0 radical (unpaired) electrons. The van der Waals surface area contributed by atoms with Crippen LogP contribution in [-0.4, -0.2) is 28.6 Å². The van der Waals surface area contributed by atoms with Gasteiger partial charge in [0.05, 0.1) is 0 Å². The minimum Gasteiger partial charge on any atom is -0.480 e. The van der Waals surface area contributed by atoms with Crippen LogP contribution in [0.5, 0.6) is 0 Å². The van der Waals surface area contributed by atoms with Crippen molar-refractivity contribution < 1.29 is 14.7 Å². The largest absolute Gasteiger partial charge is 0.480 e. The third kappa shape index (κ3) is 5.53. The first kappa shape index (κ1) is 12.9. The van der Waals surface area contributed by atoms with Gasteiger partial charge in [-0.05, 0) is 20.3 Å². The number of nitrogens with one attached hydrogen (secondary N) is 1. The molecule has 0 fully saturated rings. The van der Waals surface area contributed by atoms with Gasteiger partial charge in [-0.15, -0.1) is 0 Å². The summed E-state index contributed by atoms with van der Waals surface area (Å²) in [6.45, 7) is 5.13. The first-order valence-electron chi connectivity index (χ1n) is 4.57. The first-order chi connectivity index (χ1) is 6.26. The molecule has 0 saturated carbocycles. The summed E-state index contributed by atoms with van der Waals surface area (Å²) in [5.74, 6) is -1.34. The lowest BCUT2D eigenvalue weighted by Gasteiger charge is -2.19. The maximum Gasteiger partial charge on any atom is 0.326 e. The van der Waals surface area contributed by atoms with E-state index in [1.54, 1.807) is 20.8 Å². The Morgan fingerprint density at radius 2 is 2.00 bits per heavy atom. The molecule has 4 N–H and O–H groups in total. The molecule has 5 nitrogen and oxygen atoms in total. The Hall–Kier alpha value is -1.10. The lowest BCUT2D eigenvalue weighted by molar-refractivity contribution is -0.142. The van der Waals surface area contributed by atoms with E-state index in [9.17, 15) is 9.59 Å². The summed E-state index contributed by atoms with van der Waals surface area (Å²) in [7, 11) is 0. The van der Waals surface area contributed by atoms with E-state index in [2.05, 4.69) is 5.32 Å². The molecule has 0 aliphatic carbocycles. The van der Waals surface area contributed by atoms with Crippen LogP contribution in [0, 0.1) is 0 Å². The van der Waals surface area contributed by atoms with Crippen molar-refractivity contribution in [3.8, 4) is 0 Å². The predicted octanol–water partition coefficient (Wildman–Crippen LogP) is 0.0932. The topological polar surface area (TPSA) is 92.4 Å². The molecular weight excluding hydrogens is 184 g/mol. The lowest BCUT2D eigenvalue weighted by atomic mass is 10.0. The Kier molecular flexibility index (Phi) is 4.56. The summed E-state index contributed by atoms with van der Waals surface area (Å²) in [4.78, 5) is 21.9. The number of carboxylic acids is 1. The molecule has 0 bridgehead atoms. The van der Waals surface area contributed by atoms with E-state index in [-0.39, 0.29) is 12.3 Å². The van der Waals surface area contributed by atoms with Crippen molar-refractivity contribution in [2.45, 2.75) is 45.2 Å². The van der Waals surface area contributed by atoms with Gasteiger partial charge in [0.2, 0.25) is 5.91 Å². The summed E-state index contributed by atoms with van der Waals surface area (Å²) >= 11 is 0. The van der Waals surface area contributed by atoms with E-state index in [4.69, 9.17) is 10.8 Å². The van der Waals surface area contributed by atoms with Gasteiger partial charge in [0.1, 0.15) is 6.04 Å². The highest BCUT2D eigenvalue weighted by Gasteiger charge is 2.21. The number of carbonyl (C=O) groups is 2. The fourth-order valence-corrected chi connectivity index (χ4v) is 0.998. The number of hydrogen-bond donors (Lipinski definition) is 3. The van der Waals surface area contributed by atoms with Gasteiger partial charge in [-0.2, -0.15) is 0 Å². The molecule has 0 aromatic carbocycles. The minimum atomic E-state index is -1.02. The molecule has 14 heavy (non-hydrogen) atoms. The Labute approximate surface area is 83.7 Å². The number of nitrogens with two attached hydrogens (primary N) is 1. The summed E-state index contributed by atoms with van der Waals surface area (Å²) in [6.07, 6.45) is 0.489. The third-order valence-corrected chi connectivity index (χ3v) is 1.66. The van der Waals surface area contributed by atoms with Crippen molar-refractivity contribution in [1.82, 2.24) is 5.32 Å². The van der Waals surface area contributed by atoms with E-state index < -0.39 is 17.6 Å². The average molecular weight is 202 g/mol. The standard InChI is InChI=1S/C9H18N2O3/c1-4-6(8(13)14)11-7(12)5-9(2,3)10/h6H,4-5,10H2,1-3H3,(H,11,12)(H,13,14). The number of aliphatic carboxylic acids is 1. The maximum atomic E-state index is 11.3. The SMILES string of the molecule is CCC(NC(=O)CC(C)(C)N)C(=O)O. The van der Waals surface area contributed by atoms with Crippen molar-refractivity contribution in [2.75, 3.05) is 0 Å². The molecule has 0 rings (SSSR count). The van der Waals surface area contributed by atoms with Crippen molar-refractivity contribution >= 4 is 11.9 Å². The Morgan fingerprint density at radius 3 is 2.29 bits per heavy atom. The van der Waals surface area contributed by atoms with Crippen molar-refractivity contribution in [1.29, 1.82) is 0 Å². The molecule has 1 amide bonds. The van der Waals surface area contributed by atoms with E-state index in [1.165, 1.54) is 0 Å². The minimum absolute atomic E-state index is 0.122. The van der Waals surface area contributed by atoms with Gasteiger partial charge in [0.15, 0.2) is 0 Å².